The van der Waals surface area contributed by atoms with Gasteiger partial charge < -0.3 is 4.74 Å². The summed E-state index contributed by atoms with van der Waals surface area (Å²) in [6.07, 6.45) is 2.72. The van der Waals surface area contributed by atoms with Crippen molar-refractivity contribution in [2.24, 2.45) is 4.99 Å². The first-order valence-corrected chi connectivity index (χ1v) is 9.91. The van der Waals surface area contributed by atoms with Crippen LogP contribution in [0.3, 0.4) is 0 Å². The van der Waals surface area contributed by atoms with Gasteiger partial charge in [-0.15, -0.1) is 18.3 Å². The third-order valence-corrected chi connectivity index (χ3v) is 6.13. The largest absolute Gasteiger partial charge is 0.497 e. The van der Waals surface area contributed by atoms with Gasteiger partial charge in [-0.2, -0.15) is 0 Å². The molecule has 0 fully saturated rings. The van der Waals surface area contributed by atoms with Crippen molar-refractivity contribution in [1.82, 2.24) is 5.32 Å². The van der Waals surface area contributed by atoms with Crippen molar-refractivity contribution < 1.29 is 4.74 Å². The molecule has 3 rings (SSSR count). The zero-order valence-corrected chi connectivity index (χ0v) is 16.5. The fourth-order valence-corrected chi connectivity index (χ4v) is 4.43. The van der Waals surface area contributed by atoms with Gasteiger partial charge in [0.05, 0.1) is 7.11 Å². The van der Waals surface area contributed by atoms with Crippen molar-refractivity contribution in [2.45, 2.75) is 16.4 Å². The maximum Gasteiger partial charge on any atom is 0.215 e. The Balaban J connectivity index is 1.94. The van der Waals surface area contributed by atoms with Gasteiger partial charge in [-0.1, -0.05) is 36.4 Å². The molecule has 1 aliphatic rings. The zero-order valence-electron chi connectivity index (χ0n) is 14.1. The Kier molecular flexibility index (Phi) is 5.99. The summed E-state index contributed by atoms with van der Waals surface area (Å²) in [5.41, 5.74) is 3.45. The molecule has 1 heterocycles. The summed E-state index contributed by atoms with van der Waals surface area (Å²) in [6, 6.07) is 18.8. The Morgan fingerprint density at radius 2 is 2.00 bits per heavy atom. The predicted molar refractivity (Wildman–Crippen MR) is 111 cm³/mol. The summed E-state index contributed by atoms with van der Waals surface area (Å²) in [4.78, 5) is 4.95. The number of benzene rings is 2. The van der Waals surface area contributed by atoms with Crippen LogP contribution < -0.4 is 10.1 Å². The highest BCUT2D eigenvalue weighted by Crippen LogP contribution is 2.39. The highest BCUT2D eigenvalue weighted by Gasteiger charge is 2.35. The van der Waals surface area contributed by atoms with E-state index in [4.69, 9.17) is 9.73 Å². The summed E-state index contributed by atoms with van der Waals surface area (Å²) in [7, 11) is 1.68. The number of methoxy groups -OCH3 is 1. The highest BCUT2D eigenvalue weighted by molar-refractivity contribution is 9.11. The smallest absolute Gasteiger partial charge is 0.215 e. The zero-order chi connectivity index (χ0) is 17.7. The Morgan fingerprint density at radius 3 is 2.64 bits per heavy atom. The first-order chi connectivity index (χ1) is 12.1. The van der Waals surface area contributed by atoms with Gasteiger partial charge in [0.1, 0.15) is 5.75 Å². The lowest BCUT2D eigenvalue weighted by atomic mass is 9.96. The van der Waals surface area contributed by atoms with Crippen LogP contribution in [0.4, 0.5) is 0 Å². The number of halogens is 1. The van der Waals surface area contributed by atoms with E-state index < -0.39 is 3.90 Å². The second kappa shape index (κ2) is 8.21. The molecule has 0 radical (unpaired) electrons. The second-order valence-corrected chi connectivity index (χ2v) is 8.65. The lowest BCUT2D eigenvalue weighted by Crippen LogP contribution is -2.43. The van der Waals surface area contributed by atoms with E-state index in [0.717, 1.165) is 29.2 Å². The van der Waals surface area contributed by atoms with Crippen LogP contribution in [0, 0.1) is 0 Å². The number of nitrogens with one attached hydrogen (secondary N) is 1. The Morgan fingerprint density at radius 1 is 1.28 bits per heavy atom. The summed E-state index contributed by atoms with van der Waals surface area (Å²) in [5.74, 6) is 1.66. The van der Waals surface area contributed by atoms with Crippen molar-refractivity contribution in [3.63, 3.8) is 0 Å². The van der Waals surface area contributed by atoms with Crippen molar-refractivity contribution >= 4 is 33.4 Å². The Labute approximate surface area is 161 Å². The molecule has 0 amide bonds. The van der Waals surface area contributed by atoms with E-state index in [1.807, 2.05) is 24.3 Å². The molecule has 0 bridgehead atoms. The van der Waals surface area contributed by atoms with Gasteiger partial charge in [0, 0.05) is 23.9 Å². The number of alkyl halides is 1. The Hall–Kier alpha value is -1.56. The molecular weight excluding hydrogens is 396 g/mol. The van der Waals surface area contributed by atoms with E-state index in [1.165, 1.54) is 5.56 Å². The van der Waals surface area contributed by atoms with Crippen molar-refractivity contribution in [3.05, 3.63) is 78.4 Å². The molecule has 2 atom stereocenters. The van der Waals surface area contributed by atoms with Gasteiger partial charge in [-0.05, 0) is 51.3 Å². The van der Waals surface area contributed by atoms with E-state index in [-0.39, 0.29) is 6.04 Å². The van der Waals surface area contributed by atoms with E-state index in [2.05, 4.69) is 64.2 Å². The van der Waals surface area contributed by atoms with Crippen LogP contribution in [0.15, 0.2) is 72.2 Å². The number of hydrogen-bond donors (Lipinski definition) is 1. The number of aliphatic imine (C=N–C) groups is 1. The first kappa shape index (κ1) is 18.2. The minimum atomic E-state index is -0.560. The lowest BCUT2D eigenvalue weighted by molar-refractivity contribution is 0.415. The molecule has 0 spiro atoms. The van der Waals surface area contributed by atoms with Crippen molar-refractivity contribution in [1.29, 1.82) is 0 Å². The van der Waals surface area contributed by atoms with Crippen molar-refractivity contribution in [2.75, 3.05) is 12.9 Å². The van der Waals surface area contributed by atoms with E-state index in [0.29, 0.717) is 0 Å². The fraction of sp³-hybridized carbons (Fsp3) is 0.250. The standard InChI is InChI=1S/C20H21BrN2OS/c1-3-13-25-20(21)22-18(15-7-5-4-6-8-15)14-19(23-20)16-9-11-17(24-2)12-10-16/h3-12,18,22H,1,13-14H2,2H3/t18-,20+/m1/s1. The van der Waals surface area contributed by atoms with Gasteiger partial charge in [0.15, 0.2) is 0 Å². The molecule has 0 aromatic heterocycles. The molecule has 25 heavy (non-hydrogen) atoms. The van der Waals surface area contributed by atoms with Crippen LogP contribution in [0.1, 0.15) is 23.6 Å². The van der Waals surface area contributed by atoms with Crippen LogP contribution in [0.2, 0.25) is 0 Å². The summed E-state index contributed by atoms with van der Waals surface area (Å²) in [6.45, 7) is 3.82. The number of rotatable bonds is 6. The monoisotopic (exact) mass is 416 g/mol. The third kappa shape index (κ3) is 4.54. The average Bonchev–Trinajstić information content (AvgIpc) is 2.67. The average molecular weight is 417 g/mol. The minimum absolute atomic E-state index is 0.187. The molecule has 2 aromatic rings. The van der Waals surface area contributed by atoms with Gasteiger partial charge in [-0.25, -0.2) is 4.99 Å². The van der Waals surface area contributed by atoms with Gasteiger partial charge in [0.25, 0.3) is 0 Å². The SMILES string of the molecule is C=CCS[C@]1(Br)N=C(c2ccc(OC)cc2)C[C@H](c2ccccc2)N1. The van der Waals surface area contributed by atoms with Gasteiger partial charge in [0.2, 0.25) is 3.90 Å². The van der Waals surface area contributed by atoms with Gasteiger partial charge in [-0.3, -0.25) is 5.32 Å². The highest BCUT2D eigenvalue weighted by atomic mass is 79.9. The van der Waals surface area contributed by atoms with Crippen molar-refractivity contribution in [3.8, 4) is 5.75 Å². The molecule has 130 valence electrons. The quantitative estimate of drug-likeness (QED) is 0.401. The fourth-order valence-electron chi connectivity index (χ4n) is 2.81. The van der Waals surface area contributed by atoms with Crippen LogP contribution in [-0.2, 0) is 0 Å². The summed E-state index contributed by atoms with van der Waals surface area (Å²) >= 11 is 5.47. The predicted octanol–water partition coefficient (Wildman–Crippen LogP) is 5.14. The van der Waals surface area contributed by atoms with Crippen LogP contribution in [0.5, 0.6) is 5.75 Å². The lowest BCUT2D eigenvalue weighted by Gasteiger charge is -2.35. The molecule has 5 heteroatoms. The van der Waals surface area contributed by atoms with E-state index in [9.17, 15) is 0 Å². The normalized spacial score (nSPS) is 23.0. The molecular formula is C20H21BrN2OS. The summed E-state index contributed by atoms with van der Waals surface area (Å²) in [5, 5.41) is 3.62. The van der Waals surface area contributed by atoms with Crippen LogP contribution >= 0.6 is 27.7 Å². The number of thioether (sulfide) groups is 1. The van der Waals surface area contributed by atoms with Crippen LogP contribution in [-0.4, -0.2) is 22.5 Å². The van der Waals surface area contributed by atoms with E-state index >= 15 is 0 Å². The summed E-state index contributed by atoms with van der Waals surface area (Å²) < 4.78 is 4.70. The molecule has 3 nitrogen and oxygen atoms in total. The molecule has 1 aliphatic heterocycles. The molecule has 0 aliphatic carbocycles. The van der Waals surface area contributed by atoms with Crippen LogP contribution in [0.25, 0.3) is 0 Å². The molecule has 0 unspecified atom stereocenters. The molecule has 2 aromatic carbocycles. The molecule has 1 N–H and O–H groups in total. The maximum absolute atomic E-state index is 5.26. The maximum atomic E-state index is 5.26. The number of hydrogen-bond acceptors (Lipinski definition) is 4. The van der Waals surface area contributed by atoms with Gasteiger partial charge >= 0.3 is 0 Å². The first-order valence-electron chi connectivity index (χ1n) is 8.13. The number of nitrogens with zero attached hydrogens (tertiary/aromatic N) is 1. The topological polar surface area (TPSA) is 33.6 Å². The molecule has 0 saturated carbocycles. The molecule has 0 saturated heterocycles. The van der Waals surface area contributed by atoms with E-state index in [1.54, 1.807) is 18.9 Å². The third-order valence-electron chi connectivity index (χ3n) is 4.05. The number of ether oxygens (including phenoxy) is 1. The second-order valence-electron chi connectivity index (χ2n) is 5.76. The minimum Gasteiger partial charge on any atom is -0.497 e. The Bertz CT molecular complexity index is 748.